The first kappa shape index (κ1) is 42.3. The largest absolute Gasteiger partial charge is 0.573 e. The first-order valence-electron chi connectivity index (χ1n) is 19.7. The Hall–Kier alpha value is -5.37. The fraction of sp³-hybridized carbons (Fsp3) is 0.439. The van der Waals surface area contributed by atoms with Crippen molar-refractivity contribution in [3.05, 3.63) is 76.5 Å². The molecule has 3 N–H and O–H groups in total. The Bertz CT molecular complexity index is 2580. The molecule has 3 fully saturated rings. The van der Waals surface area contributed by atoms with Gasteiger partial charge in [-0.3, -0.25) is 23.9 Å². The van der Waals surface area contributed by atoms with Gasteiger partial charge in [0.1, 0.15) is 35.3 Å². The molecule has 0 radical (unpaired) electrons. The second kappa shape index (κ2) is 15.8. The Morgan fingerprint density at radius 1 is 1.00 bits per heavy atom. The molecule has 4 aromatic rings. The van der Waals surface area contributed by atoms with Crippen molar-refractivity contribution < 1.29 is 59.0 Å². The van der Waals surface area contributed by atoms with Crippen molar-refractivity contribution in [1.29, 1.82) is 0 Å². The van der Waals surface area contributed by atoms with Crippen LogP contribution >= 0.6 is 11.3 Å². The number of sulfonamides is 1. The molecule has 4 amide bonds. The third kappa shape index (κ3) is 8.73. The van der Waals surface area contributed by atoms with Gasteiger partial charge in [-0.15, -0.1) is 24.5 Å². The summed E-state index contributed by atoms with van der Waals surface area (Å²) in [5.41, 5.74) is -1.68. The minimum atomic E-state index is -5.00. The molecule has 0 bridgehead atoms. The Morgan fingerprint density at radius 2 is 1.77 bits per heavy atom. The summed E-state index contributed by atoms with van der Waals surface area (Å²) in [6.45, 7) is 1.21. The average Bonchev–Trinajstić information content (AvgIpc) is 3.99. The first-order valence-corrected chi connectivity index (χ1v) is 22.0. The number of alkyl halides is 3. The Labute approximate surface area is 350 Å². The molecule has 1 saturated heterocycles. The summed E-state index contributed by atoms with van der Waals surface area (Å²) >= 11 is 0.586. The molecule has 20 heteroatoms. The molecule has 5 atom stereocenters. The van der Waals surface area contributed by atoms with E-state index in [4.69, 9.17) is 4.74 Å². The highest BCUT2D eigenvalue weighted by Gasteiger charge is 2.63. The Morgan fingerprint density at radius 3 is 2.49 bits per heavy atom. The summed E-state index contributed by atoms with van der Waals surface area (Å²) < 4.78 is 106. The number of benzene rings is 2. The number of hydrogen-bond acceptors (Lipinski definition) is 10. The summed E-state index contributed by atoms with van der Waals surface area (Å²) in [6.07, 6.45) is 0.589. The van der Waals surface area contributed by atoms with E-state index in [-0.39, 0.29) is 47.5 Å². The monoisotopic (exact) mass is 889 g/mol. The van der Waals surface area contributed by atoms with E-state index < -0.39 is 91.1 Å². The summed E-state index contributed by atoms with van der Waals surface area (Å²) in [5.74, 6) is -5.21. The number of allylic oxidation sites excluding steroid dienone is 1. The molecule has 2 aliphatic heterocycles. The average molecular weight is 890 g/mol. The number of fused-ring (bicyclic) bond motifs is 5. The number of carbonyl (C=O) groups is 4. The van der Waals surface area contributed by atoms with Crippen molar-refractivity contribution in [2.75, 3.05) is 6.54 Å². The van der Waals surface area contributed by atoms with Crippen LogP contribution in [0.25, 0.3) is 21.7 Å². The van der Waals surface area contributed by atoms with E-state index in [1.54, 1.807) is 6.08 Å². The van der Waals surface area contributed by atoms with Crippen molar-refractivity contribution in [2.45, 2.75) is 99.5 Å². The van der Waals surface area contributed by atoms with Crippen LogP contribution in [-0.2, 0) is 24.4 Å². The van der Waals surface area contributed by atoms with Crippen LogP contribution in [0.1, 0.15) is 74.4 Å². The lowest BCUT2D eigenvalue weighted by molar-refractivity contribution is -0.274. The van der Waals surface area contributed by atoms with Crippen molar-refractivity contribution in [3.8, 4) is 11.6 Å². The highest BCUT2D eigenvalue weighted by atomic mass is 32.2. The third-order valence-electron chi connectivity index (χ3n) is 11.8. The van der Waals surface area contributed by atoms with Crippen LogP contribution in [0.3, 0.4) is 0 Å². The molecule has 2 aliphatic carbocycles. The van der Waals surface area contributed by atoms with Gasteiger partial charge in [0, 0.05) is 29.2 Å². The fourth-order valence-corrected chi connectivity index (χ4v) is 9.93. The molecule has 0 unspecified atom stereocenters. The Balaban J connectivity index is 1.14. The molecule has 2 aromatic carbocycles. The van der Waals surface area contributed by atoms with Crippen LogP contribution in [0.5, 0.6) is 11.6 Å². The molecule has 13 nitrogen and oxygen atoms in total. The molecule has 0 spiro atoms. The molecule has 2 saturated carbocycles. The number of hydrogen-bond donors (Lipinski definition) is 3. The molecule has 4 aliphatic rings. The maximum atomic E-state index is 14.8. The van der Waals surface area contributed by atoms with Crippen molar-refractivity contribution in [3.63, 3.8) is 0 Å². The molecular weight excluding hydrogens is 850 g/mol. The molecule has 61 heavy (non-hydrogen) atoms. The minimum Gasteiger partial charge on any atom is -0.472 e. The topological polar surface area (TPSA) is 173 Å². The number of aromatic nitrogens is 1. The number of nitrogens with one attached hydrogen (secondary N) is 3. The predicted octanol–water partition coefficient (Wildman–Crippen LogP) is 6.17. The van der Waals surface area contributed by atoms with Gasteiger partial charge in [-0.05, 0) is 87.2 Å². The highest BCUT2D eigenvalue weighted by Crippen LogP contribution is 2.48. The molecular formula is C41H40F5N5O8S2. The van der Waals surface area contributed by atoms with Gasteiger partial charge in [0.05, 0.1) is 21.7 Å². The van der Waals surface area contributed by atoms with Gasteiger partial charge >= 0.3 is 6.36 Å². The molecule has 324 valence electrons. The maximum absolute atomic E-state index is 14.8. The second-order valence-electron chi connectivity index (χ2n) is 16.2. The van der Waals surface area contributed by atoms with E-state index in [1.807, 2.05) is 6.08 Å². The van der Waals surface area contributed by atoms with Gasteiger partial charge in [-0.1, -0.05) is 31.1 Å². The fourth-order valence-electron chi connectivity index (χ4n) is 7.99. The summed E-state index contributed by atoms with van der Waals surface area (Å²) in [4.78, 5) is 62.0. The number of carbonyl (C=O) groups excluding carboxylic acids is 4. The zero-order valence-corrected chi connectivity index (χ0v) is 34.2. The van der Waals surface area contributed by atoms with E-state index in [1.165, 1.54) is 30.0 Å². The van der Waals surface area contributed by atoms with E-state index in [0.717, 1.165) is 30.3 Å². The van der Waals surface area contributed by atoms with Gasteiger partial charge in [0.2, 0.25) is 27.7 Å². The smallest absolute Gasteiger partial charge is 0.472 e. The van der Waals surface area contributed by atoms with Crippen molar-refractivity contribution >= 4 is 66.7 Å². The van der Waals surface area contributed by atoms with Gasteiger partial charge in [-0.25, -0.2) is 17.8 Å². The molecule has 8 rings (SSSR count). The number of halogens is 5. The van der Waals surface area contributed by atoms with Crippen LogP contribution < -0.4 is 24.8 Å². The number of thiophene rings is 1. The van der Waals surface area contributed by atoms with E-state index in [2.05, 4.69) is 25.1 Å². The lowest BCUT2D eigenvalue weighted by atomic mass is 10.0. The summed E-state index contributed by atoms with van der Waals surface area (Å²) in [5, 5.41) is 5.70. The van der Waals surface area contributed by atoms with Crippen LogP contribution in [0.4, 0.5) is 22.0 Å². The van der Waals surface area contributed by atoms with Crippen LogP contribution in [-0.4, -0.2) is 83.3 Å². The number of ether oxygens (including phenoxy) is 2. The zero-order chi connectivity index (χ0) is 43.5. The highest BCUT2D eigenvalue weighted by molar-refractivity contribution is 7.91. The zero-order valence-electron chi connectivity index (χ0n) is 32.5. The summed E-state index contributed by atoms with van der Waals surface area (Å²) in [7, 11) is -4.11. The third-order valence-corrected chi connectivity index (χ3v) is 14.8. The second-order valence-corrected chi connectivity index (χ2v) is 19.4. The first-order chi connectivity index (χ1) is 28.8. The molecule has 2 aromatic heterocycles. The van der Waals surface area contributed by atoms with Gasteiger partial charge < -0.3 is 25.0 Å². The SMILES string of the molecule is CC1(S(=O)(=O)NC(=O)[C@@]23C[C@H]2/C=C\CCCCC[C@H](NC(=O)c2ccc(F)s2)C(=O)N2C[C@H](Oc4nc5cc(OC(F)(F)F)ccc5c5ccc(F)cc45)C[C@H]2C(=O)N3)CC1. The lowest BCUT2D eigenvalue weighted by Gasteiger charge is -2.30. The number of pyridine rings is 1. The maximum Gasteiger partial charge on any atom is 0.573 e. The van der Waals surface area contributed by atoms with E-state index >= 15 is 0 Å². The van der Waals surface area contributed by atoms with Crippen LogP contribution in [0.15, 0.2) is 60.7 Å². The Kier molecular flexibility index (Phi) is 11.0. The lowest BCUT2D eigenvalue weighted by Crippen LogP contribution is -2.58. The van der Waals surface area contributed by atoms with Gasteiger partial charge in [0.25, 0.3) is 11.8 Å². The van der Waals surface area contributed by atoms with Gasteiger partial charge in [-0.2, -0.15) is 4.39 Å². The van der Waals surface area contributed by atoms with Crippen molar-refractivity contribution in [2.24, 2.45) is 5.92 Å². The normalized spacial score (nSPS) is 26.0. The molecule has 4 heterocycles. The van der Waals surface area contributed by atoms with E-state index in [9.17, 15) is 49.5 Å². The van der Waals surface area contributed by atoms with Crippen LogP contribution in [0, 0.1) is 16.9 Å². The van der Waals surface area contributed by atoms with E-state index in [0.29, 0.717) is 60.6 Å². The predicted molar refractivity (Wildman–Crippen MR) is 212 cm³/mol. The number of rotatable bonds is 8. The summed E-state index contributed by atoms with van der Waals surface area (Å²) in [6, 6.07) is 6.96. The van der Waals surface area contributed by atoms with Crippen LogP contribution in [0.2, 0.25) is 0 Å². The quantitative estimate of drug-likeness (QED) is 0.106. The number of nitrogens with zero attached hydrogens (tertiary/aromatic N) is 2. The van der Waals surface area contributed by atoms with Gasteiger partial charge in [0.15, 0.2) is 5.13 Å². The minimum absolute atomic E-state index is 0.00102. The number of amides is 4. The standard InChI is InChI=1S/C41H40F5N5O8S2/c1-39(15-16-39)61(56,57)50-38(55)40-20-22(40)7-5-3-2-4-6-8-29(47-35(53)32-13-14-33(43)60-32)37(54)51-21-25(19-31(51)34(52)49-40)58-36-28-17-23(42)9-11-26(28)27-12-10-24(18-30(27)48-36)59-41(44,45)46/h5,7,9-14,17-18,22,25,29,31H,2-4,6,8,15-16,19-21H2,1H3,(H,47,53)(H,49,52)(H,50,55)/b7-5-/t22-,25-,29+,31+,40-/m1/s1. The van der Waals surface area contributed by atoms with Crippen molar-refractivity contribution in [1.82, 2.24) is 25.2 Å².